The van der Waals surface area contributed by atoms with Crippen LogP contribution in [0, 0.1) is 11.8 Å². The third kappa shape index (κ3) is 3.52. The van der Waals surface area contributed by atoms with Gasteiger partial charge in [0, 0.05) is 25.7 Å². The first kappa shape index (κ1) is 15.0. The summed E-state index contributed by atoms with van der Waals surface area (Å²) >= 11 is 0. The average molecular weight is 318 g/mol. The number of hydrogen-bond acceptors (Lipinski definition) is 3. The normalized spacial score (nSPS) is 27.9. The summed E-state index contributed by atoms with van der Waals surface area (Å²) in [5.74, 6) is 1.45. The standard InChI is InChI=1S/C17H26N4O2/c1-21-10-18-9-14(21)15-8-13(6-7-23-15)19-17(22)20-16(11-2-3-11)12-4-5-12/h9-13,15-16H,2-8H2,1H3,(H2,19,20,22)/t13-,15+/m0/s1. The smallest absolute Gasteiger partial charge is 0.315 e. The molecule has 0 spiro atoms. The highest BCUT2D eigenvalue weighted by Crippen LogP contribution is 2.44. The highest BCUT2D eigenvalue weighted by atomic mass is 16.5. The van der Waals surface area contributed by atoms with Gasteiger partial charge in [0.25, 0.3) is 0 Å². The lowest BCUT2D eigenvalue weighted by molar-refractivity contribution is -0.00185. The fraction of sp³-hybridized carbons (Fsp3) is 0.765. The lowest BCUT2D eigenvalue weighted by Crippen LogP contribution is -2.49. The molecule has 4 rings (SSSR count). The summed E-state index contributed by atoms with van der Waals surface area (Å²) in [7, 11) is 1.98. The van der Waals surface area contributed by atoms with E-state index in [1.54, 1.807) is 6.33 Å². The van der Waals surface area contributed by atoms with Gasteiger partial charge in [-0.3, -0.25) is 0 Å². The van der Waals surface area contributed by atoms with Crippen molar-refractivity contribution in [2.24, 2.45) is 18.9 Å². The van der Waals surface area contributed by atoms with Crippen LogP contribution in [0.1, 0.15) is 50.3 Å². The van der Waals surface area contributed by atoms with Crippen LogP contribution in [0.25, 0.3) is 0 Å². The van der Waals surface area contributed by atoms with Crippen molar-refractivity contribution in [3.05, 3.63) is 18.2 Å². The van der Waals surface area contributed by atoms with E-state index in [1.165, 1.54) is 25.7 Å². The molecule has 0 aromatic carbocycles. The monoisotopic (exact) mass is 318 g/mol. The van der Waals surface area contributed by atoms with Gasteiger partial charge in [0.2, 0.25) is 0 Å². The SMILES string of the molecule is Cn1cncc1[C@H]1C[C@@H](NC(=O)NC(C2CC2)C2CC2)CCO1. The number of carbonyl (C=O) groups excluding carboxylic acids is 1. The third-order valence-corrected chi connectivity index (χ3v) is 5.36. The summed E-state index contributed by atoms with van der Waals surface area (Å²) in [6, 6.07) is 0.579. The van der Waals surface area contributed by atoms with Crippen LogP contribution in [0.2, 0.25) is 0 Å². The van der Waals surface area contributed by atoms with Crippen molar-refractivity contribution in [1.82, 2.24) is 20.2 Å². The summed E-state index contributed by atoms with van der Waals surface area (Å²) in [6.45, 7) is 0.676. The van der Waals surface area contributed by atoms with Crippen LogP contribution in [0.5, 0.6) is 0 Å². The number of hydrogen-bond donors (Lipinski definition) is 2. The van der Waals surface area contributed by atoms with E-state index in [-0.39, 0.29) is 18.2 Å². The summed E-state index contributed by atoms with van der Waals surface area (Å²) < 4.78 is 7.85. The maximum atomic E-state index is 12.4. The van der Waals surface area contributed by atoms with Gasteiger partial charge in [-0.25, -0.2) is 9.78 Å². The molecule has 23 heavy (non-hydrogen) atoms. The summed E-state index contributed by atoms with van der Waals surface area (Å²) in [6.07, 6.45) is 10.5. The van der Waals surface area contributed by atoms with E-state index in [1.807, 2.05) is 17.8 Å². The van der Waals surface area contributed by atoms with Crippen molar-refractivity contribution in [3.63, 3.8) is 0 Å². The molecular weight excluding hydrogens is 292 g/mol. The summed E-state index contributed by atoms with van der Waals surface area (Å²) in [4.78, 5) is 16.5. The van der Waals surface area contributed by atoms with Crippen LogP contribution in [0.3, 0.4) is 0 Å². The second-order valence-electron chi connectivity index (χ2n) is 7.33. The second-order valence-corrected chi connectivity index (χ2v) is 7.33. The molecule has 2 amide bonds. The highest BCUT2D eigenvalue weighted by Gasteiger charge is 2.42. The van der Waals surface area contributed by atoms with Gasteiger partial charge in [-0.2, -0.15) is 0 Å². The van der Waals surface area contributed by atoms with Crippen LogP contribution in [-0.4, -0.2) is 34.3 Å². The molecular formula is C17H26N4O2. The topological polar surface area (TPSA) is 68.2 Å². The number of nitrogens with one attached hydrogen (secondary N) is 2. The van der Waals surface area contributed by atoms with E-state index < -0.39 is 0 Å². The van der Waals surface area contributed by atoms with Gasteiger partial charge in [0.1, 0.15) is 6.10 Å². The van der Waals surface area contributed by atoms with Crippen molar-refractivity contribution >= 4 is 6.03 Å². The first-order chi connectivity index (χ1) is 11.2. The molecule has 6 heteroatoms. The Kier molecular flexibility index (Phi) is 4.01. The van der Waals surface area contributed by atoms with Crippen LogP contribution >= 0.6 is 0 Å². The van der Waals surface area contributed by atoms with E-state index >= 15 is 0 Å². The maximum absolute atomic E-state index is 12.4. The zero-order valence-corrected chi connectivity index (χ0v) is 13.7. The number of nitrogens with zero attached hydrogens (tertiary/aromatic N) is 2. The van der Waals surface area contributed by atoms with Crippen molar-refractivity contribution in [2.75, 3.05) is 6.61 Å². The van der Waals surface area contributed by atoms with E-state index in [9.17, 15) is 4.79 Å². The van der Waals surface area contributed by atoms with E-state index in [0.717, 1.165) is 30.4 Å². The Morgan fingerprint density at radius 2 is 2.04 bits per heavy atom. The molecule has 0 radical (unpaired) electrons. The molecule has 2 saturated carbocycles. The van der Waals surface area contributed by atoms with E-state index in [0.29, 0.717) is 12.6 Å². The minimum atomic E-state index is 0.00413. The Morgan fingerprint density at radius 3 is 2.65 bits per heavy atom. The van der Waals surface area contributed by atoms with Gasteiger partial charge < -0.3 is 19.9 Å². The lowest BCUT2D eigenvalue weighted by atomic mass is 10.0. The second kappa shape index (κ2) is 6.15. The average Bonchev–Trinajstić information content (AvgIpc) is 3.44. The first-order valence-electron chi connectivity index (χ1n) is 8.85. The number of carbonyl (C=O) groups is 1. The zero-order chi connectivity index (χ0) is 15.8. The van der Waals surface area contributed by atoms with Gasteiger partial charge >= 0.3 is 6.03 Å². The van der Waals surface area contributed by atoms with Gasteiger partial charge in [-0.15, -0.1) is 0 Å². The van der Waals surface area contributed by atoms with Crippen molar-refractivity contribution in [2.45, 2.75) is 56.7 Å². The Balaban J connectivity index is 1.31. The van der Waals surface area contributed by atoms with Crippen molar-refractivity contribution in [1.29, 1.82) is 0 Å². The maximum Gasteiger partial charge on any atom is 0.315 e. The molecule has 0 unspecified atom stereocenters. The molecule has 1 aromatic heterocycles. The quantitative estimate of drug-likeness (QED) is 0.874. The number of aromatic nitrogens is 2. The molecule has 2 N–H and O–H groups in total. The molecule has 1 saturated heterocycles. The summed E-state index contributed by atoms with van der Waals surface area (Å²) in [5.41, 5.74) is 1.07. The summed E-state index contributed by atoms with van der Waals surface area (Å²) in [5, 5.41) is 6.41. The fourth-order valence-electron chi connectivity index (χ4n) is 3.72. The van der Waals surface area contributed by atoms with Crippen LogP contribution < -0.4 is 10.6 Å². The van der Waals surface area contributed by atoms with Crippen LogP contribution in [0.4, 0.5) is 4.79 Å². The largest absolute Gasteiger partial charge is 0.372 e. The van der Waals surface area contributed by atoms with Crippen molar-refractivity contribution < 1.29 is 9.53 Å². The van der Waals surface area contributed by atoms with Crippen LogP contribution in [0.15, 0.2) is 12.5 Å². The molecule has 1 aromatic rings. The zero-order valence-electron chi connectivity index (χ0n) is 13.7. The van der Waals surface area contributed by atoms with Gasteiger partial charge in [-0.05, 0) is 50.4 Å². The van der Waals surface area contributed by atoms with Gasteiger partial charge in [-0.1, -0.05) is 0 Å². The van der Waals surface area contributed by atoms with Gasteiger partial charge in [0.05, 0.1) is 18.2 Å². The number of aryl methyl sites for hydroxylation is 1. The fourth-order valence-corrected chi connectivity index (χ4v) is 3.72. The Bertz CT molecular complexity index is 553. The van der Waals surface area contributed by atoms with E-state index in [4.69, 9.17) is 4.74 Å². The molecule has 6 nitrogen and oxygen atoms in total. The predicted molar refractivity (Wildman–Crippen MR) is 85.8 cm³/mol. The number of amides is 2. The van der Waals surface area contributed by atoms with Crippen LogP contribution in [-0.2, 0) is 11.8 Å². The molecule has 1 aliphatic heterocycles. The third-order valence-electron chi connectivity index (χ3n) is 5.36. The molecule has 126 valence electrons. The minimum absolute atomic E-state index is 0.00413. The number of rotatable bonds is 5. The Morgan fingerprint density at radius 1 is 1.30 bits per heavy atom. The lowest BCUT2D eigenvalue weighted by Gasteiger charge is -2.31. The number of ether oxygens (including phenoxy) is 1. The molecule has 2 aliphatic carbocycles. The molecule has 2 heterocycles. The minimum Gasteiger partial charge on any atom is -0.372 e. The highest BCUT2D eigenvalue weighted by molar-refractivity contribution is 5.74. The molecule has 3 aliphatic rings. The van der Waals surface area contributed by atoms with E-state index in [2.05, 4.69) is 15.6 Å². The predicted octanol–water partition coefficient (Wildman–Crippen LogP) is 2.13. The van der Waals surface area contributed by atoms with Gasteiger partial charge in [0.15, 0.2) is 0 Å². The molecule has 3 fully saturated rings. The first-order valence-corrected chi connectivity index (χ1v) is 8.85. The Hall–Kier alpha value is -1.56. The number of imidazole rings is 1. The molecule has 2 atom stereocenters. The van der Waals surface area contributed by atoms with Crippen molar-refractivity contribution in [3.8, 4) is 0 Å². The number of urea groups is 1. The Labute approximate surface area is 137 Å². The molecule has 0 bridgehead atoms.